The molecule has 3 rings (SSSR count). The molecule has 2 aromatic rings. The van der Waals surface area contributed by atoms with Crippen molar-refractivity contribution in [2.24, 2.45) is 4.99 Å². The summed E-state index contributed by atoms with van der Waals surface area (Å²) in [6.45, 7) is 0.387. The van der Waals surface area contributed by atoms with E-state index in [1.54, 1.807) is 13.2 Å². The first-order valence-corrected chi connectivity index (χ1v) is 7.58. The summed E-state index contributed by atoms with van der Waals surface area (Å²) in [7, 11) is 1.58. The zero-order valence-corrected chi connectivity index (χ0v) is 13.3. The van der Waals surface area contributed by atoms with Crippen LogP contribution >= 0.6 is 0 Å². The quantitative estimate of drug-likeness (QED) is 0.603. The van der Waals surface area contributed by atoms with Gasteiger partial charge in [0.05, 0.1) is 20.1 Å². The Balaban J connectivity index is 1.65. The van der Waals surface area contributed by atoms with Gasteiger partial charge in [-0.25, -0.2) is 9.79 Å². The fourth-order valence-corrected chi connectivity index (χ4v) is 2.27. The van der Waals surface area contributed by atoms with Gasteiger partial charge in [-0.1, -0.05) is 36.4 Å². The van der Waals surface area contributed by atoms with Gasteiger partial charge in [-0.05, 0) is 24.3 Å². The molecule has 0 N–H and O–H groups in total. The van der Waals surface area contributed by atoms with Crippen LogP contribution in [-0.2, 0) is 9.53 Å². The van der Waals surface area contributed by atoms with E-state index in [0.29, 0.717) is 24.7 Å². The average Bonchev–Trinajstić information content (AvgIpc) is 2.96. The first-order chi connectivity index (χ1) is 11.8. The third kappa shape index (κ3) is 3.81. The van der Waals surface area contributed by atoms with E-state index in [9.17, 15) is 4.79 Å². The molecular weight excluding hydrogens is 306 g/mol. The van der Waals surface area contributed by atoms with Crippen molar-refractivity contribution in [3.63, 3.8) is 0 Å². The Hall–Kier alpha value is -3.08. The fraction of sp³-hybridized carbons (Fsp3) is 0.158. The Morgan fingerprint density at radius 3 is 2.62 bits per heavy atom. The van der Waals surface area contributed by atoms with Gasteiger partial charge in [-0.2, -0.15) is 0 Å². The Morgan fingerprint density at radius 1 is 1.08 bits per heavy atom. The number of benzene rings is 2. The topological polar surface area (TPSA) is 57.1 Å². The van der Waals surface area contributed by atoms with Crippen LogP contribution in [-0.4, -0.2) is 25.6 Å². The van der Waals surface area contributed by atoms with Crippen molar-refractivity contribution in [2.45, 2.75) is 6.42 Å². The molecule has 0 saturated heterocycles. The van der Waals surface area contributed by atoms with E-state index in [0.717, 1.165) is 11.3 Å². The lowest BCUT2D eigenvalue weighted by Gasteiger charge is -2.04. The molecule has 0 spiro atoms. The van der Waals surface area contributed by atoms with E-state index in [2.05, 4.69) is 4.99 Å². The Kier molecular flexibility index (Phi) is 4.91. The van der Waals surface area contributed by atoms with E-state index in [1.165, 1.54) is 0 Å². The Morgan fingerprint density at radius 2 is 1.83 bits per heavy atom. The normalized spacial score (nSPS) is 15.1. The number of cyclic esters (lactones) is 1. The molecule has 5 heteroatoms. The minimum absolute atomic E-state index is 0.259. The number of para-hydroxylation sites is 2. The number of methoxy groups -OCH3 is 1. The summed E-state index contributed by atoms with van der Waals surface area (Å²) in [6, 6.07) is 16.9. The predicted octanol–water partition coefficient (Wildman–Crippen LogP) is 3.46. The van der Waals surface area contributed by atoms with Crippen molar-refractivity contribution in [2.75, 3.05) is 13.7 Å². The maximum absolute atomic E-state index is 11.9. The lowest BCUT2D eigenvalue weighted by molar-refractivity contribution is -0.130. The number of carbonyl (C=O) groups excluding carboxylic acids is 1. The summed E-state index contributed by atoms with van der Waals surface area (Å²) in [5, 5.41) is 0. The maximum atomic E-state index is 11.9. The number of hydrogen-bond acceptors (Lipinski definition) is 5. The molecule has 2 aromatic carbocycles. The van der Waals surface area contributed by atoms with Crippen LogP contribution in [0.4, 0.5) is 0 Å². The van der Waals surface area contributed by atoms with Crippen molar-refractivity contribution in [1.29, 1.82) is 0 Å². The van der Waals surface area contributed by atoms with Crippen LogP contribution in [0.5, 0.6) is 11.5 Å². The number of carbonyl (C=O) groups is 1. The molecule has 0 unspecified atom stereocenters. The van der Waals surface area contributed by atoms with Crippen molar-refractivity contribution in [3.05, 3.63) is 65.9 Å². The molecule has 122 valence electrons. The standard InChI is InChI=1S/C19H17NO4/c1-22-17-10-6-5-7-14(17)13-16-19(21)24-18(20-16)11-12-23-15-8-3-2-4-9-15/h2-10,13H,11-12H2,1H3/b16-13-. The summed E-state index contributed by atoms with van der Waals surface area (Å²) in [5.41, 5.74) is 1.03. The van der Waals surface area contributed by atoms with E-state index >= 15 is 0 Å². The molecule has 0 radical (unpaired) electrons. The number of nitrogens with zero attached hydrogens (tertiary/aromatic N) is 1. The minimum atomic E-state index is -0.462. The van der Waals surface area contributed by atoms with Crippen molar-refractivity contribution in [1.82, 2.24) is 0 Å². The molecule has 0 amide bonds. The second-order valence-electron chi connectivity index (χ2n) is 5.08. The van der Waals surface area contributed by atoms with Gasteiger partial charge in [0.2, 0.25) is 5.90 Å². The van der Waals surface area contributed by atoms with Gasteiger partial charge in [0, 0.05) is 5.56 Å². The Bertz CT molecular complexity index is 781. The van der Waals surface area contributed by atoms with Gasteiger partial charge < -0.3 is 14.2 Å². The van der Waals surface area contributed by atoms with Gasteiger partial charge in [-0.3, -0.25) is 0 Å². The van der Waals surface area contributed by atoms with Crippen molar-refractivity contribution < 1.29 is 19.0 Å². The monoisotopic (exact) mass is 323 g/mol. The molecule has 0 fully saturated rings. The summed E-state index contributed by atoms with van der Waals surface area (Å²) in [4.78, 5) is 16.2. The van der Waals surface area contributed by atoms with Gasteiger partial charge in [0.1, 0.15) is 11.5 Å². The van der Waals surface area contributed by atoms with E-state index < -0.39 is 5.97 Å². The molecule has 0 atom stereocenters. The van der Waals surface area contributed by atoms with Crippen LogP contribution in [0.2, 0.25) is 0 Å². The average molecular weight is 323 g/mol. The highest BCUT2D eigenvalue weighted by Gasteiger charge is 2.23. The predicted molar refractivity (Wildman–Crippen MR) is 91.1 cm³/mol. The summed E-state index contributed by atoms with van der Waals surface area (Å²) >= 11 is 0. The number of hydrogen-bond donors (Lipinski definition) is 0. The molecular formula is C19H17NO4. The molecule has 0 bridgehead atoms. The van der Waals surface area contributed by atoms with Gasteiger partial charge >= 0.3 is 5.97 Å². The van der Waals surface area contributed by atoms with E-state index in [-0.39, 0.29) is 5.70 Å². The van der Waals surface area contributed by atoms with Crippen LogP contribution < -0.4 is 9.47 Å². The van der Waals surface area contributed by atoms with Crippen molar-refractivity contribution >= 4 is 17.9 Å². The van der Waals surface area contributed by atoms with Gasteiger partial charge in [0.15, 0.2) is 5.70 Å². The fourth-order valence-electron chi connectivity index (χ4n) is 2.27. The first-order valence-electron chi connectivity index (χ1n) is 7.58. The number of esters is 1. The molecule has 24 heavy (non-hydrogen) atoms. The molecule has 5 nitrogen and oxygen atoms in total. The molecule has 0 saturated carbocycles. The van der Waals surface area contributed by atoms with Crippen LogP contribution in [0.3, 0.4) is 0 Å². The Labute approximate surface area is 140 Å². The first kappa shape index (κ1) is 15.8. The van der Waals surface area contributed by atoms with Crippen molar-refractivity contribution in [3.8, 4) is 11.5 Å². The number of ether oxygens (including phenoxy) is 3. The zero-order chi connectivity index (χ0) is 16.8. The highest BCUT2D eigenvalue weighted by Crippen LogP contribution is 2.23. The lowest BCUT2D eigenvalue weighted by atomic mass is 10.1. The van der Waals surface area contributed by atoms with Gasteiger partial charge in [0.25, 0.3) is 0 Å². The van der Waals surface area contributed by atoms with Crippen LogP contribution in [0.15, 0.2) is 65.3 Å². The second kappa shape index (κ2) is 7.46. The molecule has 0 aromatic heterocycles. The molecule has 1 aliphatic rings. The molecule has 0 aliphatic carbocycles. The SMILES string of the molecule is COc1ccccc1/C=C1\N=C(CCOc2ccccc2)OC1=O. The summed E-state index contributed by atoms with van der Waals surface area (Å²) in [6.07, 6.45) is 2.08. The largest absolute Gasteiger partial charge is 0.496 e. The molecule has 1 aliphatic heterocycles. The van der Waals surface area contributed by atoms with Crippen LogP contribution in [0, 0.1) is 0 Å². The minimum Gasteiger partial charge on any atom is -0.496 e. The smallest absolute Gasteiger partial charge is 0.363 e. The third-order valence-corrected chi connectivity index (χ3v) is 3.42. The highest BCUT2D eigenvalue weighted by atomic mass is 16.6. The zero-order valence-electron chi connectivity index (χ0n) is 13.3. The number of rotatable bonds is 6. The van der Waals surface area contributed by atoms with E-state index in [1.807, 2.05) is 54.6 Å². The van der Waals surface area contributed by atoms with Gasteiger partial charge in [-0.15, -0.1) is 0 Å². The maximum Gasteiger partial charge on any atom is 0.363 e. The second-order valence-corrected chi connectivity index (χ2v) is 5.08. The lowest BCUT2D eigenvalue weighted by Crippen LogP contribution is -2.08. The summed E-state index contributed by atoms with van der Waals surface area (Å²) < 4.78 is 16.0. The summed E-state index contributed by atoms with van der Waals surface area (Å²) in [5.74, 6) is 1.34. The third-order valence-electron chi connectivity index (χ3n) is 3.42. The van der Waals surface area contributed by atoms with Crippen LogP contribution in [0.1, 0.15) is 12.0 Å². The highest BCUT2D eigenvalue weighted by molar-refractivity contribution is 6.07. The molecule has 1 heterocycles. The van der Waals surface area contributed by atoms with Crippen LogP contribution in [0.25, 0.3) is 6.08 Å². The van der Waals surface area contributed by atoms with E-state index in [4.69, 9.17) is 14.2 Å². The number of aliphatic imine (C=N–C) groups is 1.